The summed E-state index contributed by atoms with van der Waals surface area (Å²) in [4.78, 5) is 24.9. The number of nitrogens with two attached hydrogens (primary N) is 2. The molecule has 1 spiro atoms. The highest BCUT2D eigenvalue weighted by molar-refractivity contribution is 7.99. The van der Waals surface area contributed by atoms with Crippen molar-refractivity contribution < 1.29 is 0 Å². The predicted molar refractivity (Wildman–Crippen MR) is 118 cm³/mol. The van der Waals surface area contributed by atoms with Crippen LogP contribution in [0.25, 0.3) is 0 Å². The second kappa shape index (κ2) is 7.81. The summed E-state index contributed by atoms with van der Waals surface area (Å²) in [6, 6.07) is 2.03. The fourth-order valence-electron chi connectivity index (χ4n) is 4.86. The first kappa shape index (κ1) is 20.5. The summed E-state index contributed by atoms with van der Waals surface area (Å²) in [5.74, 6) is 1.53. The maximum Gasteiger partial charge on any atom is 0.270 e. The van der Waals surface area contributed by atoms with Gasteiger partial charge in [-0.3, -0.25) is 14.3 Å². The molecule has 29 heavy (non-hydrogen) atoms. The molecule has 2 aromatic heterocycles. The van der Waals surface area contributed by atoms with Crippen LogP contribution in [0.15, 0.2) is 33.0 Å². The molecule has 1 aliphatic heterocycles. The number of nitrogen functional groups attached to an aromatic ring is 1. The molecule has 2 aromatic rings. The van der Waals surface area contributed by atoms with Gasteiger partial charge in [0.25, 0.3) is 5.56 Å². The van der Waals surface area contributed by atoms with Gasteiger partial charge in [0.2, 0.25) is 5.95 Å². The van der Waals surface area contributed by atoms with Crippen molar-refractivity contribution in [2.24, 2.45) is 24.1 Å². The van der Waals surface area contributed by atoms with Crippen molar-refractivity contribution in [1.82, 2.24) is 14.5 Å². The standard InChI is InChI=1S/C20H27ClN6OS/c1-12-9-15(22)20(10-12)4-7-27(8-5-20)19-25-17(23)16(18(28)26(19)2)29-14-3-6-24-11-13(14)21/h3,6,11-12,15H,4-5,7-10,22-23H2,1-2H3/t12-,15+/m0/s1. The van der Waals surface area contributed by atoms with Crippen molar-refractivity contribution in [2.45, 2.75) is 48.4 Å². The number of rotatable bonds is 3. The van der Waals surface area contributed by atoms with E-state index in [-0.39, 0.29) is 22.8 Å². The van der Waals surface area contributed by atoms with Crippen molar-refractivity contribution >= 4 is 35.1 Å². The van der Waals surface area contributed by atoms with Crippen molar-refractivity contribution in [2.75, 3.05) is 23.7 Å². The van der Waals surface area contributed by atoms with E-state index in [2.05, 4.69) is 21.8 Å². The maximum absolute atomic E-state index is 13.0. The van der Waals surface area contributed by atoms with E-state index >= 15 is 0 Å². The Kier molecular flexibility index (Phi) is 5.52. The topological polar surface area (TPSA) is 103 Å². The van der Waals surface area contributed by atoms with Gasteiger partial charge < -0.3 is 16.4 Å². The third-order valence-corrected chi connectivity index (χ3v) is 8.02. The Morgan fingerprint density at radius 1 is 1.34 bits per heavy atom. The lowest BCUT2D eigenvalue weighted by Crippen LogP contribution is -2.48. The zero-order chi connectivity index (χ0) is 20.8. The molecule has 2 aliphatic rings. The molecule has 2 fully saturated rings. The molecule has 0 bridgehead atoms. The lowest BCUT2D eigenvalue weighted by molar-refractivity contribution is 0.192. The molecule has 1 saturated heterocycles. The molecule has 7 nitrogen and oxygen atoms in total. The van der Waals surface area contributed by atoms with Crippen molar-refractivity contribution in [3.8, 4) is 0 Å². The van der Waals surface area contributed by atoms with Gasteiger partial charge in [-0.15, -0.1) is 0 Å². The van der Waals surface area contributed by atoms with Crippen LogP contribution >= 0.6 is 23.4 Å². The number of hydrogen-bond donors (Lipinski definition) is 2. The Labute approximate surface area is 179 Å². The number of hydrogen-bond acceptors (Lipinski definition) is 7. The fraction of sp³-hybridized carbons (Fsp3) is 0.550. The van der Waals surface area contributed by atoms with E-state index in [1.54, 1.807) is 30.1 Å². The molecular weight excluding hydrogens is 408 g/mol. The smallest absolute Gasteiger partial charge is 0.270 e. The van der Waals surface area contributed by atoms with E-state index in [0.29, 0.717) is 21.8 Å². The normalized spacial score (nSPS) is 23.7. The second-order valence-electron chi connectivity index (χ2n) is 8.40. The van der Waals surface area contributed by atoms with Crippen LogP contribution in [-0.4, -0.2) is 33.7 Å². The largest absolute Gasteiger partial charge is 0.382 e. The van der Waals surface area contributed by atoms with Gasteiger partial charge in [0.05, 0.1) is 5.02 Å². The van der Waals surface area contributed by atoms with Crippen LogP contribution in [-0.2, 0) is 7.05 Å². The molecule has 156 valence electrons. The van der Waals surface area contributed by atoms with Crippen LogP contribution in [0.3, 0.4) is 0 Å². The van der Waals surface area contributed by atoms with Gasteiger partial charge in [0, 0.05) is 43.5 Å². The van der Waals surface area contributed by atoms with Crippen molar-refractivity contribution in [3.05, 3.63) is 33.8 Å². The summed E-state index contributed by atoms with van der Waals surface area (Å²) >= 11 is 7.41. The van der Waals surface area contributed by atoms with E-state index in [4.69, 9.17) is 23.1 Å². The zero-order valence-electron chi connectivity index (χ0n) is 16.8. The number of halogens is 1. The van der Waals surface area contributed by atoms with Gasteiger partial charge in [-0.2, -0.15) is 4.98 Å². The van der Waals surface area contributed by atoms with Gasteiger partial charge >= 0.3 is 0 Å². The average Bonchev–Trinajstić information content (AvgIpc) is 2.97. The van der Waals surface area contributed by atoms with Gasteiger partial charge in [-0.25, -0.2) is 0 Å². The zero-order valence-corrected chi connectivity index (χ0v) is 18.3. The minimum absolute atomic E-state index is 0.170. The molecule has 0 aromatic carbocycles. The van der Waals surface area contributed by atoms with Gasteiger partial charge in [0.15, 0.2) is 0 Å². The first-order valence-electron chi connectivity index (χ1n) is 9.95. The Hall–Kier alpha value is -1.77. The highest BCUT2D eigenvalue weighted by Crippen LogP contribution is 2.48. The summed E-state index contributed by atoms with van der Waals surface area (Å²) < 4.78 is 1.59. The minimum Gasteiger partial charge on any atom is -0.382 e. The van der Waals surface area contributed by atoms with Gasteiger partial charge in [-0.05, 0) is 43.1 Å². The van der Waals surface area contributed by atoms with Crippen molar-refractivity contribution in [3.63, 3.8) is 0 Å². The van der Waals surface area contributed by atoms with Crippen LogP contribution < -0.4 is 21.9 Å². The molecule has 0 amide bonds. The Bertz CT molecular complexity index is 972. The molecule has 2 atom stereocenters. The predicted octanol–water partition coefficient (Wildman–Crippen LogP) is 2.91. The molecular formula is C20H27ClN6OS. The first-order chi connectivity index (χ1) is 13.8. The molecule has 9 heteroatoms. The third kappa shape index (κ3) is 3.73. The SMILES string of the molecule is C[C@H]1C[C@@H](N)C2(CCN(c3nc(N)c(Sc4ccncc4Cl)c(=O)n3C)CC2)C1. The van der Waals surface area contributed by atoms with Crippen LogP contribution in [0, 0.1) is 11.3 Å². The van der Waals surface area contributed by atoms with Crippen molar-refractivity contribution in [1.29, 1.82) is 0 Å². The Morgan fingerprint density at radius 3 is 2.69 bits per heavy atom. The second-order valence-corrected chi connectivity index (χ2v) is 9.86. The fourth-order valence-corrected chi connectivity index (χ4v) is 5.97. The van der Waals surface area contributed by atoms with Crippen LogP contribution in [0.4, 0.5) is 11.8 Å². The van der Waals surface area contributed by atoms with E-state index < -0.39 is 0 Å². The highest BCUT2D eigenvalue weighted by atomic mass is 35.5. The summed E-state index contributed by atoms with van der Waals surface area (Å²) in [5.41, 5.74) is 12.7. The number of nitrogens with zero attached hydrogens (tertiary/aromatic N) is 4. The van der Waals surface area contributed by atoms with Gasteiger partial charge in [-0.1, -0.05) is 30.3 Å². The lowest BCUT2D eigenvalue weighted by Gasteiger charge is -2.42. The third-order valence-electron chi connectivity index (χ3n) is 6.44. The molecule has 0 unspecified atom stereocenters. The Balaban J connectivity index is 1.57. The molecule has 0 radical (unpaired) electrons. The van der Waals surface area contributed by atoms with E-state index in [0.717, 1.165) is 37.2 Å². The van der Waals surface area contributed by atoms with E-state index in [1.165, 1.54) is 18.2 Å². The summed E-state index contributed by atoms with van der Waals surface area (Å²) in [5, 5.41) is 0.478. The van der Waals surface area contributed by atoms with Crippen LogP contribution in [0.2, 0.25) is 5.02 Å². The summed E-state index contributed by atoms with van der Waals surface area (Å²) in [6.45, 7) is 3.96. The number of anilines is 2. The molecule has 4 N–H and O–H groups in total. The van der Waals surface area contributed by atoms with E-state index in [1.807, 2.05) is 0 Å². The number of aromatic nitrogens is 3. The Morgan fingerprint density at radius 2 is 2.07 bits per heavy atom. The number of pyridine rings is 1. The molecule has 3 heterocycles. The van der Waals surface area contributed by atoms with Gasteiger partial charge in [0.1, 0.15) is 10.7 Å². The highest BCUT2D eigenvalue weighted by Gasteiger charge is 2.46. The maximum atomic E-state index is 13.0. The molecule has 1 saturated carbocycles. The molecule has 1 aliphatic carbocycles. The number of piperidine rings is 1. The average molecular weight is 435 g/mol. The molecule has 4 rings (SSSR count). The van der Waals surface area contributed by atoms with E-state index in [9.17, 15) is 4.79 Å². The van der Waals surface area contributed by atoms with Crippen LogP contribution in [0.5, 0.6) is 0 Å². The lowest BCUT2D eigenvalue weighted by atomic mass is 9.74. The first-order valence-corrected chi connectivity index (χ1v) is 11.1. The quantitative estimate of drug-likeness (QED) is 0.765. The van der Waals surface area contributed by atoms with Crippen LogP contribution in [0.1, 0.15) is 32.6 Å². The summed E-state index contributed by atoms with van der Waals surface area (Å²) in [7, 11) is 1.75. The monoisotopic (exact) mass is 434 g/mol. The summed E-state index contributed by atoms with van der Waals surface area (Å²) in [6.07, 6.45) is 7.53. The minimum atomic E-state index is -0.170.